The molecule has 7 heteroatoms. The van der Waals surface area contributed by atoms with Gasteiger partial charge in [0, 0.05) is 20.1 Å². The van der Waals surface area contributed by atoms with E-state index in [9.17, 15) is 4.39 Å². The molecule has 0 amide bonds. The van der Waals surface area contributed by atoms with Crippen LogP contribution in [0, 0.1) is 5.82 Å². The van der Waals surface area contributed by atoms with Gasteiger partial charge in [-0.3, -0.25) is 4.99 Å². The molecule has 0 saturated carbocycles. The van der Waals surface area contributed by atoms with Gasteiger partial charge in [0.25, 0.3) is 0 Å². The molecule has 2 rings (SSSR count). The lowest BCUT2D eigenvalue weighted by Crippen LogP contribution is -2.37. The molecule has 2 aromatic carbocycles. The van der Waals surface area contributed by atoms with Crippen molar-refractivity contribution in [3.63, 3.8) is 0 Å². The smallest absolute Gasteiger partial charge is 0.191 e. The first-order valence-corrected chi connectivity index (χ1v) is 8.06. The highest BCUT2D eigenvalue weighted by atomic mass is 127. The number of rotatable bonds is 7. The minimum atomic E-state index is -0.374. The Morgan fingerprint density at radius 2 is 1.77 bits per heavy atom. The van der Waals surface area contributed by atoms with Crippen LogP contribution in [-0.2, 0) is 13.0 Å². The molecule has 0 aromatic heterocycles. The van der Waals surface area contributed by atoms with Crippen LogP contribution in [0.4, 0.5) is 4.39 Å². The van der Waals surface area contributed by atoms with Gasteiger partial charge in [-0.05, 0) is 35.7 Å². The summed E-state index contributed by atoms with van der Waals surface area (Å²) in [5.41, 5.74) is 1.94. The van der Waals surface area contributed by atoms with Gasteiger partial charge < -0.3 is 20.1 Å². The SMILES string of the molecule is CN=C(NCCc1ccccc1OC)NCc1ccc(OC)c(F)c1.I. The zero-order valence-electron chi connectivity index (χ0n) is 15.2. The van der Waals surface area contributed by atoms with Crippen LogP contribution >= 0.6 is 24.0 Å². The Morgan fingerprint density at radius 3 is 2.42 bits per heavy atom. The van der Waals surface area contributed by atoms with Crippen molar-refractivity contribution in [2.24, 2.45) is 4.99 Å². The number of methoxy groups -OCH3 is 2. The molecular weight excluding hydrogens is 448 g/mol. The molecule has 0 aliphatic heterocycles. The lowest BCUT2D eigenvalue weighted by Gasteiger charge is -2.13. The fourth-order valence-electron chi connectivity index (χ4n) is 2.45. The van der Waals surface area contributed by atoms with Crippen LogP contribution in [0.25, 0.3) is 0 Å². The second-order valence-corrected chi connectivity index (χ2v) is 5.38. The van der Waals surface area contributed by atoms with Gasteiger partial charge in [-0.1, -0.05) is 24.3 Å². The minimum Gasteiger partial charge on any atom is -0.496 e. The highest BCUT2D eigenvalue weighted by Gasteiger charge is 2.05. The van der Waals surface area contributed by atoms with Crippen molar-refractivity contribution in [3.05, 3.63) is 59.4 Å². The standard InChI is InChI=1S/C19H24FN3O2.HI/c1-21-19(22-11-10-15-6-4-5-7-17(15)24-2)23-13-14-8-9-18(25-3)16(20)12-14;/h4-9,12H,10-11,13H2,1-3H3,(H2,21,22,23);1H. The summed E-state index contributed by atoms with van der Waals surface area (Å²) >= 11 is 0. The molecule has 0 unspecified atom stereocenters. The van der Waals surface area contributed by atoms with Crippen molar-refractivity contribution >= 4 is 29.9 Å². The van der Waals surface area contributed by atoms with Crippen LogP contribution in [-0.4, -0.2) is 33.8 Å². The highest BCUT2D eigenvalue weighted by Crippen LogP contribution is 2.18. The van der Waals surface area contributed by atoms with E-state index in [1.54, 1.807) is 20.2 Å². The predicted molar refractivity (Wildman–Crippen MR) is 113 cm³/mol. The fraction of sp³-hybridized carbons (Fsp3) is 0.316. The van der Waals surface area contributed by atoms with E-state index >= 15 is 0 Å². The number of ether oxygens (including phenoxy) is 2. The van der Waals surface area contributed by atoms with Crippen molar-refractivity contribution in [2.45, 2.75) is 13.0 Å². The minimum absolute atomic E-state index is 0. The fourth-order valence-corrected chi connectivity index (χ4v) is 2.45. The van der Waals surface area contributed by atoms with Gasteiger partial charge in [0.15, 0.2) is 17.5 Å². The van der Waals surface area contributed by atoms with E-state index in [1.807, 2.05) is 30.3 Å². The number of hydrogen-bond acceptors (Lipinski definition) is 3. The van der Waals surface area contributed by atoms with Gasteiger partial charge in [0.1, 0.15) is 5.75 Å². The molecule has 0 spiro atoms. The molecule has 0 bridgehead atoms. The number of aliphatic imine (C=N–C) groups is 1. The maximum atomic E-state index is 13.7. The summed E-state index contributed by atoms with van der Waals surface area (Å²) in [6, 6.07) is 12.8. The Bertz CT molecular complexity index is 726. The van der Waals surface area contributed by atoms with Crippen LogP contribution in [0.5, 0.6) is 11.5 Å². The Hall–Kier alpha value is -2.03. The number of nitrogens with one attached hydrogen (secondary N) is 2. The van der Waals surface area contributed by atoms with E-state index in [2.05, 4.69) is 15.6 Å². The zero-order chi connectivity index (χ0) is 18.1. The molecule has 0 heterocycles. The molecule has 5 nitrogen and oxygen atoms in total. The number of halogens is 2. The van der Waals surface area contributed by atoms with Crippen molar-refractivity contribution in [2.75, 3.05) is 27.8 Å². The van der Waals surface area contributed by atoms with Crippen molar-refractivity contribution in [1.82, 2.24) is 10.6 Å². The van der Waals surface area contributed by atoms with Crippen LogP contribution in [0.2, 0.25) is 0 Å². The Morgan fingerprint density at radius 1 is 1.04 bits per heavy atom. The predicted octanol–water partition coefficient (Wildman–Crippen LogP) is 3.37. The number of guanidine groups is 1. The second-order valence-electron chi connectivity index (χ2n) is 5.38. The van der Waals surface area contributed by atoms with E-state index in [4.69, 9.17) is 9.47 Å². The number of benzene rings is 2. The van der Waals surface area contributed by atoms with Crippen LogP contribution in [0.1, 0.15) is 11.1 Å². The van der Waals surface area contributed by atoms with Crippen molar-refractivity contribution in [1.29, 1.82) is 0 Å². The van der Waals surface area contributed by atoms with Crippen LogP contribution < -0.4 is 20.1 Å². The normalized spacial score (nSPS) is 10.7. The Kier molecular flexibility index (Phi) is 9.79. The summed E-state index contributed by atoms with van der Waals surface area (Å²) in [7, 11) is 4.82. The van der Waals surface area contributed by atoms with E-state index in [0.717, 1.165) is 23.3 Å². The van der Waals surface area contributed by atoms with E-state index in [1.165, 1.54) is 13.2 Å². The molecule has 26 heavy (non-hydrogen) atoms. The Balaban J connectivity index is 0.00000338. The maximum Gasteiger partial charge on any atom is 0.191 e. The van der Waals surface area contributed by atoms with Gasteiger partial charge >= 0.3 is 0 Å². The molecule has 0 fully saturated rings. The van der Waals surface area contributed by atoms with Gasteiger partial charge in [-0.25, -0.2) is 4.39 Å². The topological polar surface area (TPSA) is 54.9 Å². The summed E-state index contributed by atoms with van der Waals surface area (Å²) in [4.78, 5) is 4.18. The average Bonchev–Trinajstić information content (AvgIpc) is 2.65. The van der Waals surface area contributed by atoms with Gasteiger partial charge in [-0.2, -0.15) is 0 Å². The lowest BCUT2D eigenvalue weighted by molar-refractivity contribution is 0.386. The number of nitrogens with zero attached hydrogens (tertiary/aromatic N) is 1. The second kappa shape index (κ2) is 11.6. The van der Waals surface area contributed by atoms with Crippen molar-refractivity contribution < 1.29 is 13.9 Å². The quantitative estimate of drug-likeness (QED) is 0.368. The van der Waals surface area contributed by atoms with Gasteiger partial charge in [-0.15, -0.1) is 24.0 Å². The number of hydrogen-bond donors (Lipinski definition) is 2. The summed E-state index contributed by atoms with van der Waals surface area (Å²) in [5.74, 6) is 1.40. The third-order valence-corrected chi connectivity index (χ3v) is 3.78. The van der Waals surface area contributed by atoms with Gasteiger partial charge in [0.2, 0.25) is 0 Å². The van der Waals surface area contributed by atoms with E-state index in [0.29, 0.717) is 19.0 Å². The molecule has 2 aromatic rings. The summed E-state index contributed by atoms with van der Waals surface area (Å²) < 4.78 is 24.0. The average molecular weight is 473 g/mol. The van der Waals surface area contributed by atoms with E-state index in [-0.39, 0.29) is 35.5 Å². The first kappa shape index (κ1) is 22.0. The molecule has 142 valence electrons. The molecule has 0 aliphatic rings. The lowest BCUT2D eigenvalue weighted by atomic mass is 10.1. The highest BCUT2D eigenvalue weighted by molar-refractivity contribution is 14.0. The summed E-state index contributed by atoms with van der Waals surface area (Å²) in [5, 5.41) is 6.41. The third kappa shape index (κ3) is 6.36. The molecule has 0 atom stereocenters. The maximum absolute atomic E-state index is 13.7. The van der Waals surface area contributed by atoms with Crippen molar-refractivity contribution in [3.8, 4) is 11.5 Å². The molecule has 0 radical (unpaired) electrons. The molecule has 2 N–H and O–H groups in total. The molecule has 0 aliphatic carbocycles. The monoisotopic (exact) mass is 473 g/mol. The third-order valence-electron chi connectivity index (χ3n) is 3.78. The largest absolute Gasteiger partial charge is 0.496 e. The van der Waals surface area contributed by atoms with E-state index < -0.39 is 0 Å². The summed E-state index contributed by atoms with van der Waals surface area (Å²) in [6.07, 6.45) is 0.807. The first-order valence-electron chi connectivity index (χ1n) is 8.06. The summed E-state index contributed by atoms with van der Waals surface area (Å²) in [6.45, 7) is 1.17. The molecular formula is C19H25FIN3O2. The van der Waals surface area contributed by atoms with Crippen LogP contribution in [0.3, 0.4) is 0 Å². The zero-order valence-corrected chi connectivity index (χ0v) is 17.5. The van der Waals surface area contributed by atoms with Crippen LogP contribution in [0.15, 0.2) is 47.5 Å². The first-order chi connectivity index (χ1) is 12.2. The molecule has 0 saturated heterocycles. The Labute approximate surface area is 171 Å². The van der Waals surface area contributed by atoms with Gasteiger partial charge in [0.05, 0.1) is 14.2 Å². The number of para-hydroxylation sites is 1.